The quantitative estimate of drug-likeness (QED) is 0.383. The molecular weight excluding hydrogens is 400 g/mol. The minimum atomic E-state index is -0.240. The summed E-state index contributed by atoms with van der Waals surface area (Å²) in [4.78, 5) is 25.2. The molecule has 2 aromatic carbocycles. The lowest BCUT2D eigenvalue weighted by atomic mass is 10.2. The minimum Gasteiger partial charge on any atom is -0.325 e. The molecule has 0 spiro atoms. The molecule has 0 saturated heterocycles. The summed E-state index contributed by atoms with van der Waals surface area (Å²) in [5.74, 6) is 0.241. The van der Waals surface area contributed by atoms with E-state index < -0.39 is 0 Å². The molecule has 2 heterocycles. The third-order valence-electron chi connectivity index (χ3n) is 4.40. The highest BCUT2D eigenvalue weighted by molar-refractivity contribution is 7.99. The van der Waals surface area contributed by atoms with Gasteiger partial charge in [-0.15, -0.1) is 16.8 Å². The lowest BCUT2D eigenvalue weighted by molar-refractivity contribution is -0.113. The van der Waals surface area contributed by atoms with Crippen LogP contribution in [0.5, 0.6) is 0 Å². The van der Waals surface area contributed by atoms with Gasteiger partial charge in [0.25, 0.3) is 5.56 Å². The van der Waals surface area contributed by atoms with Crippen LogP contribution in [0.1, 0.15) is 5.56 Å². The Hall–Kier alpha value is -3.90. The first-order chi connectivity index (χ1) is 14.6. The largest absolute Gasteiger partial charge is 0.325 e. The van der Waals surface area contributed by atoms with E-state index in [9.17, 15) is 9.59 Å². The maximum Gasteiger partial charge on any atom is 0.263 e. The molecule has 1 N–H and O–H groups in total. The number of aromatic nitrogens is 4. The fourth-order valence-corrected chi connectivity index (χ4v) is 3.85. The molecule has 148 valence electrons. The Balaban J connectivity index is 1.65. The molecule has 0 saturated carbocycles. The van der Waals surface area contributed by atoms with Gasteiger partial charge in [0, 0.05) is 12.2 Å². The standard InChI is InChI=1S/C21H16N6O2S/c1-2-10-26-19(29)16-8-3-4-9-17(16)27-20(26)24-25-21(27)30-13-18(28)23-15-7-5-6-14(11-15)12-22/h2-9,11H,1,10,13H2,(H,23,28). The molecule has 4 aromatic rings. The van der Waals surface area contributed by atoms with Crippen LogP contribution in [-0.4, -0.2) is 30.8 Å². The maximum atomic E-state index is 12.8. The number of allylic oxidation sites excluding steroid dienone is 1. The van der Waals surface area contributed by atoms with Gasteiger partial charge in [-0.25, -0.2) is 0 Å². The number of carbonyl (C=O) groups excluding carboxylic acids is 1. The maximum absolute atomic E-state index is 12.8. The SMILES string of the molecule is C=CCn1c(=O)c2ccccc2n2c(SCC(=O)Nc3cccc(C#N)c3)nnc12. The van der Waals surface area contributed by atoms with Crippen molar-refractivity contribution in [1.29, 1.82) is 5.26 Å². The molecule has 0 bridgehead atoms. The van der Waals surface area contributed by atoms with Crippen molar-refractivity contribution >= 4 is 40.0 Å². The zero-order valence-corrected chi connectivity index (χ0v) is 16.6. The van der Waals surface area contributed by atoms with Gasteiger partial charge in [-0.1, -0.05) is 36.0 Å². The van der Waals surface area contributed by atoms with E-state index in [0.717, 1.165) is 0 Å². The number of carbonyl (C=O) groups is 1. The molecule has 0 radical (unpaired) electrons. The van der Waals surface area contributed by atoms with E-state index in [-0.39, 0.29) is 17.2 Å². The molecule has 0 aliphatic carbocycles. The van der Waals surface area contributed by atoms with Gasteiger partial charge in [-0.3, -0.25) is 18.6 Å². The third kappa shape index (κ3) is 3.56. The van der Waals surface area contributed by atoms with Crippen LogP contribution in [0, 0.1) is 11.3 Å². The van der Waals surface area contributed by atoms with Gasteiger partial charge < -0.3 is 5.32 Å². The molecule has 4 rings (SSSR count). The Morgan fingerprint density at radius 3 is 2.87 bits per heavy atom. The molecule has 30 heavy (non-hydrogen) atoms. The van der Waals surface area contributed by atoms with E-state index in [0.29, 0.717) is 39.6 Å². The highest BCUT2D eigenvalue weighted by Gasteiger charge is 2.17. The van der Waals surface area contributed by atoms with Crippen LogP contribution in [0.3, 0.4) is 0 Å². The Morgan fingerprint density at radius 2 is 2.07 bits per heavy atom. The second kappa shape index (κ2) is 8.23. The van der Waals surface area contributed by atoms with Crippen LogP contribution in [0.15, 0.2) is 71.1 Å². The number of amides is 1. The Morgan fingerprint density at radius 1 is 1.23 bits per heavy atom. The second-order valence-electron chi connectivity index (χ2n) is 6.37. The summed E-state index contributed by atoms with van der Waals surface area (Å²) >= 11 is 1.21. The number of fused-ring (bicyclic) bond motifs is 3. The number of thioether (sulfide) groups is 1. The Bertz CT molecular complexity index is 1380. The fraction of sp³-hybridized carbons (Fsp3) is 0.0952. The van der Waals surface area contributed by atoms with Gasteiger partial charge in [0.15, 0.2) is 5.16 Å². The predicted molar refractivity (Wildman–Crippen MR) is 115 cm³/mol. The van der Waals surface area contributed by atoms with Crippen molar-refractivity contribution in [3.63, 3.8) is 0 Å². The molecule has 0 unspecified atom stereocenters. The number of nitrogens with one attached hydrogen (secondary N) is 1. The number of rotatable bonds is 6. The fourth-order valence-electron chi connectivity index (χ4n) is 3.11. The zero-order chi connectivity index (χ0) is 21.1. The number of para-hydroxylation sites is 1. The normalized spacial score (nSPS) is 10.8. The van der Waals surface area contributed by atoms with E-state index >= 15 is 0 Å². The first-order valence-electron chi connectivity index (χ1n) is 9.02. The average Bonchev–Trinajstić information content (AvgIpc) is 3.19. The van der Waals surface area contributed by atoms with Crippen molar-refractivity contribution < 1.29 is 4.79 Å². The summed E-state index contributed by atoms with van der Waals surface area (Å²) < 4.78 is 3.27. The summed E-state index contributed by atoms with van der Waals surface area (Å²) in [6.45, 7) is 4.00. The van der Waals surface area contributed by atoms with Crippen LogP contribution in [0.4, 0.5) is 5.69 Å². The van der Waals surface area contributed by atoms with Gasteiger partial charge in [-0.2, -0.15) is 5.26 Å². The minimum absolute atomic E-state index is 0.0898. The molecule has 0 atom stereocenters. The second-order valence-corrected chi connectivity index (χ2v) is 7.31. The smallest absolute Gasteiger partial charge is 0.263 e. The molecule has 2 aromatic heterocycles. The van der Waals surface area contributed by atoms with E-state index in [1.165, 1.54) is 16.3 Å². The summed E-state index contributed by atoms with van der Waals surface area (Å²) in [5, 5.41) is 21.1. The van der Waals surface area contributed by atoms with Crippen molar-refractivity contribution in [2.24, 2.45) is 0 Å². The molecule has 8 nitrogen and oxygen atoms in total. The highest BCUT2D eigenvalue weighted by Crippen LogP contribution is 2.22. The van der Waals surface area contributed by atoms with Crippen LogP contribution in [-0.2, 0) is 11.3 Å². The number of nitrogens with zero attached hydrogens (tertiary/aromatic N) is 5. The summed E-state index contributed by atoms with van der Waals surface area (Å²) in [5.41, 5.74) is 1.52. The summed E-state index contributed by atoms with van der Waals surface area (Å²) in [6.07, 6.45) is 1.63. The number of benzene rings is 2. The van der Waals surface area contributed by atoms with Gasteiger partial charge in [0.2, 0.25) is 11.7 Å². The van der Waals surface area contributed by atoms with E-state index in [2.05, 4.69) is 22.1 Å². The van der Waals surface area contributed by atoms with Crippen LogP contribution < -0.4 is 10.9 Å². The summed E-state index contributed by atoms with van der Waals surface area (Å²) in [7, 11) is 0. The molecular formula is C21H16N6O2S. The predicted octanol–water partition coefficient (Wildman–Crippen LogP) is 2.83. The van der Waals surface area contributed by atoms with E-state index in [1.54, 1.807) is 46.9 Å². The number of nitriles is 1. The molecule has 0 fully saturated rings. The molecule has 0 aliphatic heterocycles. The third-order valence-corrected chi connectivity index (χ3v) is 5.33. The first kappa shape index (κ1) is 19.4. The van der Waals surface area contributed by atoms with Gasteiger partial charge >= 0.3 is 0 Å². The van der Waals surface area contributed by atoms with Crippen LogP contribution >= 0.6 is 11.8 Å². The van der Waals surface area contributed by atoms with Crippen molar-refractivity contribution in [3.8, 4) is 6.07 Å². The zero-order valence-electron chi connectivity index (χ0n) is 15.8. The lowest BCUT2D eigenvalue weighted by Gasteiger charge is -2.09. The highest BCUT2D eigenvalue weighted by atomic mass is 32.2. The van der Waals surface area contributed by atoms with Crippen molar-refractivity contribution in [2.45, 2.75) is 11.7 Å². The van der Waals surface area contributed by atoms with Crippen molar-refractivity contribution in [2.75, 3.05) is 11.1 Å². The van der Waals surface area contributed by atoms with E-state index in [1.807, 2.05) is 18.2 Å². The van der Waals surface area contributed by atoms with Gasteiger partial charge in [0.05, 0.1) is 28.3 Å². The van der Waals surface area contributed by atoms with Gasteiger partial charge in [-0.05, 0) is 30.3 Å². The topological polar surface area (TPSA) is 105 Å². The average molecular weight is 416 g/mol. The number of anilines is 1. The Kier molecular flexibility index (Phi) is 5.32. The van der Waals surface area contributed by atoms with Gasteiger partial charge in [0.1, 0.15) is 0 Å². The molecule has 1 amide bonds. The number of hydrogen-bond acceptors (Lipinski definition) is 6. The van der Waals surface area contributed by atoms with E-state index in [4.69, 9.17) is 5.26 Å². The van der Waals surface area contributed by atoms with Crippen LogP contribution in [0.2, 0.25) is 0 Å². The lowest BCUT2D eigenvalue weighted by Crippen LogP contribution is -2.22. The van der Waals surface area contributed by atoms with Crippen LogP contribution in [0.25, 0.3) is 16.7 Å². The summed E-state index contributed by atoms with van der Waals surface area (Å²) in [6, 6.07) is 15.9. The molecule has 0 aliphatic rings. The Labute approximate surface area is 175 Å². The first-order valence-corrected chi connectivity index (χ1v) is 10.0. The van der Waals surface area contributed by atoms with Crippen molar-refractivity contribution in [3.05, 3.63) is 77.1 Å². The molecule has 9 heteroatoms. The number of hydrogen-bond donors (Lipinski definition) is 1. The van der Waals surface area contributed by atoms with Crippen molar-refractivity contribution in [1.82, 2.24) is 19.2 Å². The monoisotopic (exact) mass is 416 g/mol.